The molecule has 7 rings (SSSR count). The number of aliphatic hydroxyl groups is 1. The smallest absolute Gasteiger partial charge is 0.338 e. The van der Waals surface area contributed by atoms with Crippen LogP contribution in [0.25, 0.3) is 32.7 Å². The minimum absolute atomic E-state index is 0.139. The van der Waals surface area contributed by atoms with Gasteiger partial charge in [-0.05, 0) is 85.6 Å². The lowest BCUT2D eigenvalue weighted by atomic mass is 9.87. The second kappa shape index (κ2) is 11.1. The van der Waals surface area contributed by atoms with E-state index >= 15 is 0 Å². The van der Waals surface area contributed by atoms with E-state index in [1.807, 2.05) is 104 Å². The predicted octanol–water partition coefficient (Wildman–Crippen LogP) is 8.33. The summed E-state index contributed by atoms with van der Waals surface area (Å²) in [5.41, 5.74) is 4.09. The highest BCUT2D eigenvalue weighted by molar-refractivity contribution is 5.95. The summed E-state index contributed by atoms with van der Waals surface area (Å²) in [6, 6.07) is 38.4. The van der Waals surface area contributed by atoms with Gasteiger partial charge in [-0.2, -0.15) is 0 Å². The first kappa shape index (κ1) is 27.6. The van der Waals surface area contributed by atoms with Crippen molar-refractivity contribution in [2.75, 3.05) is 0 Å². The maximum Gasteiger partial charge on any atom is 0.338 e. The molecule has 6 aromatic rings. The fraction of sp³-hybridized carbons (Fsp3) is 0.128. The topological polar surface area (TPSA) is 72.8 Å². The van der Waals surface area contributed by atoms with Gasteiger partial charge >= 0.3 is 11.9 Å². The third kappa shape index (κ3) is 4.72. The molecule has 6 aromatic carbocycles. The third-order valence-corrected chi connectivity index (χ3v) is 8.68. The minimum atomic E-state index is -1.37. The normalized spacial score (nSPS) is 13.0. The molecule has 0 atom stereocenters. The van der Waals surface area contributed by atoms with Crippen molar-refractivity contribution >= 4 is 33.5 Å². The molecule has 0 spiro atoms. The molecule has 1 aliphatic rings. The largest absolute Gasteiger partial charge is 0.457 e. The summed E-state index contributed by atoms with van der Waals surface area (Å²) in [6.45, 7) is 2.16. The number of hydrogen-bond donors (Lipinski definition) is 1. The minimum Gasteiger partial charge on any atom is -0.457 e. The highest BCUT2D eigenvalue weighted by Gasteiger charge is 2.41. The molecule has 44 heavy (non-hydrogen) atoms. The van der Waals surface area contributed by atoms with Crippen molar-refractivity contribution in [3.8, 4) is 11.1 Å². The molecule has 0 aromatic heterocycles. The molecule has 0 aliphatic heterocycles. The van der Waals surface area contributed by atoms with Gasteiger partial charge in [0.05, 0.1) is 11.1 Å². The van der Waals surface area contributed by atoms with Crippen LogP contribution in [-0.2, 0) is 28.3 Å². The first-order valence-electron chi connectivity index (χ1n) is 14.8. The summed E-state index contributed by atoms with van der Waals surface area (Å²) >= 11 is 0. The molecule has 0 saturated carbocycles. The summed E-state index contributed by atoms with van der Waals surface area (Å²) in [6.07, 6.45) is 0.357. The van der Waals surface area contributed by atoms with Gasteiger partial charge in [-0.15, -0.1) is 0 Å². The van der Waals surface area contributed by atoms with Crippen LogP contribution in [0.4, 0.5) is 0 Å². The van der Waals surface area contributed by atoms with Crippen LogP contribution < -0.4 is 0 Å². The van der Waals surface area contributed by atoms with Crippen LogP contribution in [0.15, 0.2) is 121 Å². The fourth-order valence-corrected chi connectivity index (χ4v) is 6.31. The van der Waals surface area contributed by atoms with Crippen molar-refractivity contribution in [1.82, 2.24) is 0 Å². The van der Waals surface area contributed by atoms with Crippen LogP contribution in [-0.4, -0.2) is 17.0 Å². The zero-order chi connectivity index (χ0) is 30.3. The van der Waals surface area contributed by atoms with Gasteiger partial charge in [-0.25, -0.2) is 9.59 Å². The van der Waals surface area contributed by atoms with Gasteiger partial charge in [0, 0.05) is 0 Å². The fourth-order valence-electron chi connectivity index (χ4n) is 6.31. The summed E-state index contributed by atoms with van der Waals surface area (Å²) in [5.74, 6) is -0.930. The van der Waals surface area contributed by atoms with Crippen molar-refractivity contribution in [3.63, 3.8) is 0 Å². The maximum atomic E-state index is 13.2. The maximum absolute atomic E-state index is 13.2. The number of fused-ring (bicyclic) bond motifs is 5. The standard InChI is InChI=1S/C39H30O5/c1-2-39(42)35-21-27(37(40)43-23-29-13-7-11-25-9-3-5-15-31(25)29)17-19-33(35)34-20-18-28(22-36(34)39)38(41)44-24-30-14-8-12-26-10-4-6-16-32(26)30/h3-22,42H,2,23-24H2,1H3. The predicted molar refractivity (Wildman–Crippen MR) is 171 cm³/mol. The lowest BCUT2D eigenvalue weighted by Gasteiger charge is -2.24. The van der Waals surface area contributed by atoms with Crippen molar-refractivity contribution in [2.45, 2.75) is 32.2 Å². The molecule has 5 heteroatoms. The Morgan fingerprint density at radius 1 is 0.591 bits per heavy atom. The zero-order valence-electron chi connectivity index (χ0n) is 24.2. The van der Waals surface area contributed by atoms with Gasteiger partial charge in [0.2, 0.25) is 0 Å². The number of carbonyl (C=O) groups excluding carboxylic acids is 2. The molecule has 1 N–H and O–H groups in total. The van der Waals surface area contributed by atoms with Gasteiger partial charge in [-0.1, -0.05) is 104 Å². The van der Waals surface area contributed by atoms with Crippen LogP contribution in [0.5, 0.6) is 0 Å². The molecule has 0 fully saturated rings. The third-order valence-electron chi connectivity index (χ3n) is 8.68. The van der Waals surface area contributed by atoms with E-state index in [1.54, 1.807) is 24.3 Å². The quantitative estimate of drug-likeness (QED) is 0.193. The molecule has 0 bridgehead atoms. The number of carbonyl (C=O) groups is 2. The lowest BCUT2D eigenvalue weighted by Crippen LogP contribution is -2.24. The Balaban J connectivity index is 1.11. The molecule has 0 heterocycles. The lowest BCUT2D eigenvalue weighted by molar-refractivity contribution is 0.0465. The Bertz CT molecular complexity index is 1920. The van der Waals surface area contributed by atoms with Crippen LogP contribution >= 0.6 is 0 Å². The van der Waals surface area contributed by atoms with Crippen LogP contribution in [0, 0.1) is 0 Å². The van der Waals surface area contributed by atoms with E-state index in [4.69, 9.17) is 9.47 Å². The van der Waals surface area contributed by atoms with Crippen LogP contribution in [0.2, 0.25) is 0 Å². The summed E-state index contributed by atoms with van der Waals surface area (Å²) in [4.78, 5) is 26.4. The van der Waals surface area contributed by atoms with Crippen LogP contribution in [0.1, 0.15) is 56.3 Å². The van der Waals surface area contributed by atoms with E-state index in [0.29, 0.717) is 28.7 Å². The number of esters is 2. The average molecular weight is 579 g/mol. The van der Waals surface area contributed by atoms with E-state index in [0.717, 1.165) is 43.8 Å². The van der Waals surface area contributed by atoms with E-state index in [1.165, 1.54) is 0 Å². The van der Waals surface area contributed by atoms with Crippen molar-refractivity contribution in [1.29, 1.82) is 0 Å². The SMILES string of the molecule is CCC1(O)c2cc(C(=O)OCc3cccc4ccccc34)ccc2-c2ccc(C(=O)OCc3cccc4ccccc34)cc21. The first-order valence-corrected chi connectivity index (χ1v) is 14.8. The molecule has 216 valence electrons. The van der Waals surface area contributed by atoms with Crippen molar-refractivity contribution in [2.24, 2.45) is 0 Å². The van der Waals surface area contributed by atoms with E-state index in [2.05, 4.69) is 0 Å². The van der Waals surface area contributed by atoms with E-state index < -0.39 is 17.5 Å². The second-order valence-electron chi connectivity index (χ2n) is 11.2. The number of hydrogen-bond acceptors (Lipinski definition) is 5. The van der Waals surface area contributed by atoms with E-state index in [-0.39, 0.29) is 13.2 Å². The molecule has 1 aliphatic carbocycles. The van der Waals surface area contributed by atoms with Crippen molar-refractivity contribution in [3.05, 3.63) is 155 Å². The Morgan fingerprint density at radius 2 is 1.02 bits per heavy atom. The van der Waals surface area contributed by atoms with Gasteiger partial charge in [0.25, 0.3) is 0 Å². The average Bonchev–Trinajstić information content (AvgIpc) is 3.33. The van der Waals surface area contributed by atoms with Gasteiger partial charge in [-0.3, -0.25) is 0 Å². The van der Waals surface area contributed by atoms with Gasteiger partial charge in [0.1, 0.15) is 18.8 Å². The Kier molecular flexibility index (Phi) is 6.96. The highest BCUT2D eigenvalue weighted by Crippen LogP contribution is 2.49. The highest BCUT2D eigenvalue weighted by atomic mass is 16.5. The number of ether oxygens (including phenoxy) is 2. The van der Waals surface area contributed by atoms with Crippen LogP contribution in [0.3, 0.4) is 0 Å². The van der Waals surface area contributed by atoms with Gasteiger partial charge < -0.3 is 14.6 Å². The molecule has 0 amide bonds. The van der Waals surface area contributed by atoms with Crippen molar-refractivity contribution < 1.29 is 24.2 Å². The first-order chi connectivity index (χ1) is 21.5. The molecular formula is C39H30O5. The monoisotopic (exact) mass is 578 g/mol. The Labute approximate surface area is 255 Å². The summed E-state index contributed by atoms with van der Waals surface area (Å²) in [7, 11) is 0. The second-order valence-corrected chi connectivity index (χ2v) is 11.2. The molecule has 0 radical (unpaired) electrons. The summed E-state index contributed by atoms with van der Waals surface area (Å²) in [5, 5.41) is 16.2. The Hall–Kier alpha value is -5.26. The molecular weight excluding hydrogens is 548 g/mol. The number of benzene rings is 6. The Morgan fingerprint density at radius 3 is 1.48 bits per heavy atom. The number of rotatable bonds is 7. The molecule has 0 unspecified atom stereocenters. The van der Waals surface area contributed by atoms with Gasteiger partial charge in [0.15, 0.2) is 0 Å². The molecule has 5 nitrogen and oxygen atoms in total. The van der Waals surface area contributed by atoms with E-state index in [9.17, 15) is 14.7 Å². The molecule has 0 saturated heterocycles. The summed E-state index contributed by atoms with van der Waals surface area (Å²) < 4.78 is 11.4. The zero-order valence-corrected chi connectivity index (χ0v) is 24.2.